The van der Waals surface area contributed by atoms with Gasteiger partial charge in [-0.2, -0.15) is 0 Å². The minimum absolute atomic E-state index is 0.169. The maximum absolute atomic E-state index is 11.5. The highest BCUT2D eigenvalue weighted by atomic mass is 16.5. The largest absolute Gasteiger partial charge is 0.453 e. The lowest BCUT2D eigenvalue weighted by molar-refractivity contribution is 0.105. The molecular formula is C11H21N3O2. The number of methoxy groups -OCH3 is 1. The first-order valence-corrected chi connectivity index (χ1v) is 6.09. The highest BCUT2D eigenvalue weighted by molar-refractivity contribution is 5.68. The molecule has 0 spiro atoms. The molecule has 2 aliphatic rings. The Morgan fingerprint density at radius 3 is 2.81 bits per heavy atom. The van der Waals surface area contributed by atoms with Gasteiger partial charge in [-0.15, -0.1) is 0 Å². The Morgan fingerprint density at radius 2 is 2.12 bits per heavy atom. The van der Waals surface area contributed by atoms with E-state index in [0.717, 1.165) is 52.1 Å². The molecule has 0 aromatic carbocycles. The molecule has 0 aromatic heterocycles. The van der Waals surface area contributed by atoms with Crippen molar-refractivity contribution in [3.63, 3.8) is 0 Å². The fraction of sp³-hybridized carbons (Fsp3) is 0.909. The summed E-state index contributed by atoms with van der Waals surface area (Å²) < 4.78 is 4.81. The third-order valence-corrected chi connectivity index (χ3v) is 3.46. The third-order valence-electron chi connectivity index (χ3n) is 3.46. The minimum Gasteiger partial charge on any atom is -0.453 e. The van der Waals surface area contributed by atoms with E-state index in [9.17, 15) is 4.79 Å². The molecule has 0 radical (unpaired) electrons. The lowest BCUT2D eigenvalue weighted by atomic mass is 10.2. The van der Waals surface area contributed by atoms with Gasteiger partial charge in [0.25, 0.3) is 0 Å². The summed E-state index contributed by atoms with van der Waals surface area (Å²) in [7, 11) is 1.46. The number of ether oxygens (including phenoxy) is 1. The van der Waals surface area contributed by atoms with Crippen molar-refractivity contribution < 1.29 is 9.53 Å². The molecule has 1 N–H and O–H groups in total. The predicted molar refractivity (Wildman–Crippen MR) is 61.4 cm³/mol. The third kappa shape index (κ3) is 2.65. The molecule has 16 heavy (non-hydrogen) atoms. The van der Waals surface area contributed by atoms with Gasteiger partial charge in [-0.1, -0.05) is 0 Å². The van der Waals surface area contributed by atoms with E-state index in [2.05, 4.69) is 10.2 Å². The van der Waals surface area contributed by atoms with Gasteiger partial charge in [0.15, 0.2) is 0 Å². The van der Waals surface area contributed by atoms with Crippen LogP contribution in [0.2, 0.25) is 0 Å². The minimum atomic E-state index is -0.169. The van der Waals surface area contributed by atoms with Crippen LogP contribution in [0.25, 0.3) is 0 Å². The van der Waals surface area contributed by atoms with Crippen molar-refractivity contribution >= 4 is 6.09 Å². The van der Waals surface area contributed by atoms with Gasteiger partial charge in [-0.3, -0.25) is 4.90 Å². The monoisotopic (exact) mass is 227 g/mol. The Bertz CT molecular complexity index is 241. The number of amides is 1. The van der Waals surface area contributed by atoms with Crippen LogP contribution in [0.3, 0.4) is 0 Å². The summed E-state index contributed by atoms with van der Waals surface area (Å²) in [5.41, 5.74) is 0. The van der Waals surface area contributed by atoms with E-state index in [1.54, 1.807) is 0 Å². The van der Waals surface area contributed by atoms with Crippen LogP contribution in [-0.4, -0.2) is 68.3 Å². The lowest BCUT2D eigenvalue weighted by Crippen LogP contribution is -2.49. The quantitative estimate of drug-likeness (QED) is 0.728. The Hall–Kier alpha value is -0.810. The van der Waals surface area contributed by atoms with Gasteiger partial charge in [-0.25, -0.2) is 4.79 Å². The van der Waals surface area contributed by atoms with Crippen molar-refractivity contribution in [1.82, 2.24) is 15.1 Å². The zero-order valence-electron chi connectivity index (χ0n) is 9.95. The highest BCUT2D eigenvalue weighted by Crippen LogP contribution is 2.19. The number of rotatable bonds is 2. The molecule has 2 heterocycles. The molecule has 5 nitrogen and oxygen atoms in total. The van der Waals surface area contributed by atoms with Crippen LogP contribution in [0, 0.1) is 0 Å². The smallest absolute Gasteiger partial charge is 0.409 e. The predicted octanol–water partition coefficient (Wildman–Crippen LogP) is 0.122. The standard InChI is InChI=1S/C11H21N3O2/c1-16-11(15)14-6-2-3-10(14)9-13-7-4-12-5-8-13/h10,12H,2-9H2,1H3. The fourth-order valence-corrected chi connectivity index (χ4v) is 2.57. The van der Waals surface area contributed by atoms with Crippen molar-refractivity contribution in [3.05, 3.63) is 0 Å². The average molecular weight is 227 g/mol. The molecule has 0 aromatic rings. The molecule has 92 valence electrons. The summed E-state index contributed by atoms with van der Waals surface area (Å²) in [6.07, 6.45) is 2.04. The van der Waals surface area contributed by atoms with Crippen molar-refractivity contribution in [2.45, 2.75) is 18.9 Å². The zero-order valence-corrected chi connectivity index (χ0v) is 9.95. The van der Waals surface area contributed by atoms with E-state index in [4.69, 9.17) is 4.74 Å². The lowest BCUT2D eigenvalue weighted by Gasteiger charge is -2.32. The van der Waals surface area contributed by atoms with Crippen LogP contribution < -0.4 is 5.32 Å². The molecule has 0 bridgehead atoms. The molecule has 1 unspecified atom stereocenters. The Balaban J connectivity index is 1.85. The molecule has 2 saturated heterocycles. The maximum Gasteiger partial charge on any atom is 0.409 e. The fourth-order valence-electron chi connectivity index (χ4n) is 2.57. The second kappa shape index (κ2) is 5.50. The van der Waals surface area contributed by atoms with E-state index in [-0.39, 0.29) is 6.09 Å². The molecule has 2 aliphatic heterocycles. The van der Waals surface area contributed by atoms with Crippen molar-refractivity contribution in [2.24, 2.45) is 0 Å². The number of hydrogen-bond acceptors (Lipinski definition) is 4. The van der Waals surface area contributed by atoms with Gasteiger partial charge in [0.1, 0.15) is 0 Å². The Morgan fingerprint density at radius 1 is 1.38 bits per heavy atom. The second-order valence-corrected chi connectivity index (χ2v) is 4.51. The summed E-state index contributed by atoms with van der Waals surface area (Å²) in [5, 5.41) is 3.34. The summed E-state index contributed by atoms with van der Waals surface area (Å²) in [6, 6.07) is 0.352. The molecule has 2 fully saturated rings. The molecule has 1 atom stereocenters. The Labute approximate surface area is 96.7 Å². The van der Waals surface area contributed by atoms with Gasteiger partial charge in [0.2, 0.25) is 0 Å². The van der Waals surface area contributed by atoms with Crippen LogP contribution >= 0.6 is 0 Å². The number of hydrogen-bond donors (Lipinski definition) is 1. The SMILES string of the molecule is COC(=O)N1CCCC1CN1CCNCC1. The first-order valence-electron chi connectivity index (χ1n) is 6.09. The van der Waals surface area contributed by atoms with Crippen LogP contribution in [-0.2, 0) is 4.74 Å². The Kier molecular flexibility index (Phi) is 4.01. The van der Waals surface area contributed by atoms with E-state index in [1.807, 2.05) is 4.90 Å². The van der Waals surface area contributed by atoms with Gasteiger partial charge < -0.3 is 15.0 Å². The molecule has 0 saturated carbocycles. The van der Waals surface area contributed by atoms with Crippen LogP contribution in [0.5, 0.6) is 0 Å². The van der Waals surface area contributed by atoms with Gasteiger partial charge >= 0.3 is 6.09 Å². The summed E-state index contributed by atoms with van der Waals surface area (Å²) in [6.45, 7) is 6.15. The highest BCUT2D eigenvalue weighted by Gasteiger charge is 2.30. The topological polar surface area (TPSA) is 44.8 Å². The molecule has 2 rings (SSSR count). The van der Waals surface area contributed by atoms with Crippen LogP contribution in [0.4, 0.5) is 4.79 Å². The first-order chi connectivity index (χ1) is 7.81. The van der Waals surface area contributed by atoms with E-state index in [0.29, 0.717) is 6.04 Å². The number of nitrogens with zero attached hydrogens (tertiary/aromatic N) is 2. The summed E-state index contributed by atoms with van der Waals surface area (Å²) >= 11 is 0. The molecular weight excluding hydrogens is 206 g/mol. The van der Waals surface area contributed by atoms with Crippen molar-refractivity contribution in [1.29, 1.82) is 0 Å². The number of likely N-dealkylation sites (tertiary alicyclic amines) is 1. The van der Waals surface area contributed by atoms with Crippen molar-refractivity contribution in [2.75, 3.05) is 46.4 Å². The second-order valence-electron chi connectivity index (χ2n) is 4.51. The van der Waals surface area contributed by atoms with Crippen LogP contribution in [0.15, 0.2) is 0 Å². The summed E-state index contributed by atoms with van der Waals surface area (Å²) in [5.74, 6) is 0. The number of piperazine rings is 1. The molecule has 5 heteroatoms. The van der Waals surface area contributed by atoms with Crippen LogP contribution in [0.1, 0.15) is 12.8 Å². The molecule has 0 aliphatic carbocycles. The number of carbonyl (C=O) groups is 1. The number of nitrogens with one attached hydrogen (secondary N) is 1. The van der Waals surface area contributed by atoms with Gasteiger partial charge in [-0.05, 0) is 12.8 Å². The first kappa shape index (κ1) is 11.7. The van der Waals surface area contributed by atoms with Gasteiger partial charge in [0, 0.05) is 45.3 Å². The average Bonchev–Trinajstić information content (AvgIpc) is 2.77. The number of carbonyl (C=O) groups excluding carboxylic acids is 1. The van der Waals surface area contributed by atoms with Crippen molar-refractivity contribution in [3.8, 4) is 0 Å². The maximum atomic E-state index is 11.5. The zero-order chi connectivity index (χ0) is 11.4. The molecule has 1 amide bonds. The van der Waals surface area contributed by atoms with E-state index in [1.165, 1.54) is 7.11 Å². The van der Waals surface area contributed by atoms with E-state index >= 15 is 0 Å². The normalized spacial score (nSPS) is 27.1. The van der Waals surface area contributed by atoms with Gasteiger partial charge in [0.05, 0.1) is 7.11 Å². The van der Waals surface area contributed by atoms with E-state index < -0.39 is 0 Å². The summed E-state index contributed by atoms with van der Waals surface area (Å²) in [4.78, 5) is 15.8.